The first-order valence-corrected chi connectivity index (χ1v) is 7.83. The van der Waals surface area contributed by atoms with E-state index >= 15 is 0 Å². The molecule has 1 aromatic rings. The van der Waals surface area contributed by atoms with Gasteiger partial charge in [0.1, 0.15) is 0 Å². The second kappa shape index (κ2) is 10.7. The summed E-state index contributed by atoms with van der Waals surface area (Å²) in [6, 6.07) is 8.20. The van der Waals surface area contributed by atoms with Gasteiger partial charge in [-0.1, -0.05) is 49.9 Å². The Balaban J connectivity index is 0.00000121. The van der Waals surface area contributed by atoms with E-state index in [9.17, 15) is 4.79 Å². The maximum Gasteiger partial charge on any atom is 0.193 e. The highest BCUT2D eigenvalue weighted by atomic mass is 32.2. The van der Waals surface area contributed by atoms with Crippen LogP contribution < -0.4 is 0 Å². The summed E-state index contributed by atoms with van der Waals surface area (Å²) >= 11 is 4.98. The van der Waals surface area contributed by atoms with E-state index in [1.165, 1.54) is 22.9 Å². The minimum Gasteiger partial charge on any atom is -0.287 e. The molecule has 0 bridgehead atoms. The molecule has 0 saturated heterocycles. The third-order valence-electron chi connectivity index (χ3n) is 2.30. The number of benzene rings is 1. The second-order valence-electron chi connectivity index (χ2n) is 3.52. The molecular formula is C14H22OS2. The Morgan fingerprint density at radius 2 is 1.76 bits per heavy atom. The second-order valence-corrected chi connectivity index (χ2v) is 4.67. The van der Waals surface area contributed by atoms with Gasteiger partial charge < -0.3 is 0 Å². The normalized spacial score (nSPS) is 9.41. The van der Waals surface area contributed by atoms with Crippen molar-refractivity contribution in [1.29, 1.82) is 0 Å². The molecular weight excluding hydrogens is 248 g/mol. The van der Waals surface area contributed by atoms with Gasteiger partial charge in [0.05, 0.1) is 0 Å². The summed E-state index contributed by atoms with van der Waals surface area (Å²) in [5, 5.41) is 0.290. The zero-order chi connectivity index (χ0) is 13.1. The van der Waals surface area contributed by atoms with Crippen molar-refractivity contribution >= 4 is 29.5 Å². The van der Waals surface area contributed by atoms with Crippen molar-refractivity contribution in [2.75, 3.05) is 12.0 Å². The molecule has 96 valence electrons. The third-order valence-corrected chi connectivity index (χ3v) is 3.38. The van der Waals surface area contributed by atoms with Gasteiger partial charge in [0, 0.05) is 12.2 Å². The van der Waals surface area contributed by atoms with Gasteiger partial charge in [-0.25, -0.2) is 0 Å². The Bertz CT molecular complexity index is 324. The number of hydrogen-bond donors (Lipinski definition) is 1. The predicted octanol–water partition coefficient (Wildman–Crippen LogP) is 4.01. The summed E-state index contributed by atoms with van der Waals surface area (Å²) in [6.45, 7) is 4.22. The van der Waals surface area contributed by atoms with E-state index in [-0.39, 0.29) is 5.12 Å². The first-order chi connectivity index (χ1) is 8.27. The summed E-state index contributed by atoms with van der Waals surface area (Å²) in [7, 11) is 0. The van der Waals surface area contributed by atoms with Gasteiger partial charge in [-0.2, -0.15) is 12.6 Å². The van der Waals surface area contributed by atoms with Crippen LogP contribution in [0.4, 0.5) is 0 Å². The average Bonchev–Trinajstić information content (AvgIpc) is 2.39. The smallest absolute Gasteiger partial charge is 0.193 e. The maximum atomic E-state index is 11.6. The minimum atomic E-state index is 0.290. The summed E-state index contributed by atoms with van der Waals surface area (Å²) in [4.78, 5) is 11.6. The Morgan fingerprint density at radius 1 is 1.18 bits per heavy atom. The number of rotatable bonds is 5. The molecule has 1 rings (SSSR count). The largest absolute Gasteiger partial charge is 0.287 e. The van der Waals surface area contributed by atoms with Crippen LogP contribution in [-0.4, -0.2) is 17.1 Å². The molecule has 0 amide bonds. The summed E-state index contributed by atoms with van der Waals surface area (Å²) in [5.74, 6) is 0.938. The third kappa shape index (κ3) is 6.79. The van der Waals surface area contributed by atoms with E-state index in [1.54, 1.807) is 6.26 Å². The number of aryl methyl sites for hydroxylation is 1. The van der Waals surface area contributed by atoms with Gasteiger partial charge >= 0.3 is 0 Å². The van der Waals surface area contributed by atoms with E-state index in [1.807, 2.05) is 12.1 Å². The molecule has 0 heterocycles. The lowest BCUT2D eigenvalue weighted by molar-refractivity contribution is -0.110. The van der Waals surface area contributed by atoms with Gasteiger partial charge in [-0.15, -0.1) is 0 Å². The van der Waals surface area contributed by atoms with Crippen molar-refractivity contribution < 1.29 is 4.79 Å². The van der Waals surface area contributed by atoms with Crippen molar-refractivity contribution in [3.8, 4) is 0 Å². The van der Waals surface area contributed by atoms with Crippen molar-refractivity contribution in [3.05, 3.63) is 35.4 Å². The monoisotopic (exact) mass is 270 g/mol. The van der Waals surface area contributed by atoms with Crippen molar-refractivity contribution in [3.63, 3.8) is 0 Å². The van der Waals surface area contributed by atoms with Gasteiger partial charge in [0.2, 0.25) is 0 Å². The Morgan fingerprint density at radius 3 is 2.29 bits per heavy atom. The Hall–Kier alpha value is -0.410. The zero-order valence-corrected chi connectivity index (χ0v) is 12.6. The molecule has 0 N–H and O–H groups in total. The molecule has 1 aromatic carbocycles. The molecule has 0 unspecified atom stereocenters. The quantitative estimate of drug-likeness (QED) is 0.814. The van der Waals surface area contributed by atoms with Crippen molar-refractivity contribution in [2.45, 2.75) is 33.1 Å². The van der Waals surface area contributed by atoms with E-state index in [0.29, 0.717) is 6.42 Å². The summed E-state index contributed by atoms with van der Waals surface area (Å²) in [6.07, 6.45) is 4.34. The van der Waals surface area contributed by atoms with Gasteiger partial charge in [0.15, 0.2) is 5.12 Å². The van der Waals surface area contributed by atoms with E-state index < -0.39 is 0 Å². The molecule has 1 nitrogen and oxygen atoms in total. The molecule has 3 heteroatoms. The number of carbonyl (C=O) groups is 1. The van der Waals surface area contributed by atoms with Gasteiger partial charge in [-0.05, 0) is 30.2 Å². The highest BCUT2D eigenvalue weighted by molar-refractivity contribution is 8.13. The van der Waals surface area contributed by atoms with Gasteiger partial charge in [-0.3, -0.25) is 4.79 Å². The van der Waals surface area contributed by atoms with E-state index in [4.69, 9.17) is 0 Å². The van der Waals surface area contributed by atoms with Crippen LogP contribution in [0.2, 0.25) is 0 Å². The molecule has 0 aliphatic heterocycles. The predicted molar refractivity (Wildman–Crippen MR) is 82.2 cm³/mol. The van der Waals surface area contributed by atoms with E-state index in [2.05, 4.69) is 38.6 Å². The Kier molecular flexibility index (Phi) is 10.5. The molecule has 0 aliphatic rings. The highest BCUT2D eigenvalue weighted by Crippen LogP contribution is 2.14. The van der Waals surface area contributed by atoms with Crippen molar-refractivity contribution in [2.24, 2.45) is 0 Å². The Labute approximate surface area is 115 Å². The molecule has 0 radical (unpaired) electrons. The minimum absolute atomic E-state index is 0.290. The lowest BCUT2D eigenvalue weighted by Gasteiger charge is -2.06. The first kappa shape index (κ1) is 16.6. The number of thiol groups is 1. The SMILES string of the molecule is CCCSC(=O)Cc1ccccc1CC.CS. The average molecular weight is 270 g/mol. The van der Waals surface area contributed by atoms with Crippen LogP contribution in [0.15, 0.2) is 24.3 Å². The number of thioether (sulfide) groups is 1. The lowest BCUT2D eigenvalue weighted by Crippen LogP contribution is -2.01. The van der Waals surface area contributed by atoms with Crippen LogP contribution in [0.5, 0.6) is 0 Å². The number of hydrogen-bond acceptors (Lipinski definition) is 3. The lowest BCUT2D eigenvalue weighted by atomic mass is 10.0. The van der Waals surface area contributed by atoms with Gasteiger partial charge in [0.25, 0.3) is 0 Å². The van der Waals surface area contributed by atoms with Crippen molar-refractivity contribution in [1.82, 2.24) is 0 Å². The number of carbonyl (C=O) groups excluding carboxylic acids is 1. The molecule has 0 fully saturated rings. The standard InChI is InChI=1S/C13H18OS.CH4S/c1-3-9-15-13(14)10-12-8-6-5-7-11(12)4-2;1-2/h5-8H,3-4,9-10H2,1-2H3;2H,1H3. The molecule has 0 aromatic heterocycles. The molecule has 0 saturated carbocycles. The van der Waals surface area contributed by atoms with Crippen LogP contribution in [0, 0.1) is 0 Å². The van der Waals surface area contributed by atoms with Crippen LogP contribution in [0.25, 0.3) is 0 Å². The molecule has 0 atom stereocenters. The fraction of sp³-hybridized carbons (Fsp3) is 0.500. The van der Waals surface area contributed by atoms with Crippen LogP contribution in [0.1, 0.15) is 31.4 Å². The molecule has 0 aliphatic carbocycles. The van der Waals surface area contributed by atoms with E-state index in [0.717, 1.165) is 18.6 Å². The zero-order valence-electron chi connectivity index (χ0n) is 10.9. The highest BCUT2D eigenvalue weighted by Gasteiger charge is 2.06. The fourth-order valence-electron chi connectivity index (χ4n) is 1.50. The van der Waals surface area contributed by atoms with Crippen LogP contribution in [0.3, 0.4) is 0 Å². The molecule has 17 heavy (non-hydrogen) atoms. The van der Waals surface area contributed by atoms with Crippen LogP contribution in [-0.2, 0) is 17.6 Å². The van der Waals surface area contributed by atoms with Crippen LogP contribution >= 0.6 is 24.4 Å². The molecule has 0 spiro atoms. The first-order valence-electron chi connectivity index (χ1n) is 5.95. The maximum absolute atomic E-state index is 11.6. The topological polar surface area (TPSA) is 17.1 Å². The summed E-state index contributed by atoms with van der Waals surface area (Å²) < 4.78 is 0. The summed E-state index contributed by atoms with van der Waals surface area (Å²) in [5.41, 5.74) is 2.48. The fourth-order valence-corrected chi connectivity index (χ4v) is 2.19.